The molecule has 0 fully saturated rings. The summed E-state index contributed by atoms with van der Waals surface area (Å²) in [5.41, 5.74) is 3.29. The highest BCUT2D eigenvalue weighted by molar-refractivity contribution is 6.30. The average Bonchev–Trinajstić information content (AvgIpc) is 3.00. The van der Waals surface area contributed by atoms with Gasteiger partial charge in [0.1, 0.15) is 5.82 Å². The molecule has 1 heterocycles. The first-order chi connectivity index (χ1) is 12.3. The molecule has 1 N–H and O–H groups in total. The van der Waals surface area contributed by atoms with Crippen LogP contribution in [-0.2, 0) is 5.41 Å². The normalized spacial score (nSPS) is 12.9. The lowest BCUT2D eigenvalue weighted by Crippen LogP contribution is -2.13. The number of aromatic nitrogens is 2. The highest BCUT2D eigenvalue weighted by Gasteiger charge is 2.26. The van der Waals surface area contributed by atoms with Crippen LogP contribution in [0.15, 0.2) is 36.4 Å². The van der Waals surface area contributed by atoms with Gasteiger partial charge in [-0.2, -0.15) is 10.4 Å². The van der Waals surface area contributed by atoms with E-state index in [9.17, 15) is 4.39 Å². The van der Waals surface area contributed by atoms with Gasteiger partial charge in [0.25, 0.3) is 0 Å². The van der Waals surface area contributed by atoms with Crippen molar-refractivity contribution in [3.8, 4) is 6.07 Å². The molecule has 3 rings (SSSR count). The van der Waals surface area contributed by atoms with Gasteiger partial charge < -0.3 is 0 Å². The highest BCUT2D eigenvalue weighted by Crippen LogP contribution is 2.39. The van der Waals surface area contributed by atoms with Crippen molar-refractivity contribution in [2.45, 2.75) is 44.9 Å². The second-order valence-electron chi connectivity index (χ2n) is 7.50. The lowest BCUT2D eigenvalue weighted by Gasteiger charge is -2.23. The van der Waals surface area contributed by atoms with Crippen molar-refractivity contribution in [2.75, 3.05) is 0 Å². The van der Waals surface area contributed by atoms with E-state index in [1.165, 1.54) is 6.07 Å². The molecule has 0 saturated heterocycles. The zero-order valence-corrected chi connectivity index (χ0v) is 15.9. The van der Waals surface area contributed by atoms with Crippen LogP contribution in [-0.4, -0.2) is 10.2 Å². The molecule has 0 bridgehead atoms. The fraction of sp³-hybridized carbons (Fsp3) is 0.333. The number of benzene rings is 2. The van der Waals surface area contributed by atoms with Crippen LogP contribution in [0.4, 0.5) is 4.39 Å². The maximum Gasteiger partial charge on any atom is 0.128 e. The standard InChI is InChI=1S/C21H21ClFN3/c1-21(2,3)16-7-4-8-18-19(16)20(26-25-18)15(6-5-11-24)14-10-9-13(22)12-17(14)23/h4,7-10,12,15H,5-6H2,1-3H3,(H,25,26). The number of fused-ring (bicyclic) bond motifs is 1. The molecule has 0 saturated carbocycles. The molecule has 0 spiro atoms. The molecule has 26 heavy (non-hydrogen) atoms. The van der Waals surface area contributed by atoms with Crippen LogP contribution in [0, 0.1) is 17.1 Å². The molecule has 0 aliphatic carbocycles. The summed E-state index contributed by atoms with van der Waals surface area (Å²) in [5.74, 6) is -0.656. The number of H-pyrrole nitrogens is 1. The molecule has 5 heteroatoms. The molecule has 0 radical (unpaired) electrons. The van der Waals surface area contributed by atoms with Crippen LogP contribution in [0.1, 0.15) is 56.4 Å². The van der Waals surface area contributed by atoms with Crippen molar-refractivity contribution in [1.29, 1.82) is 5.26 Å². The van der Waals surface area contributed by atoms with Crippen molar-refractivity contribution in [2.24, 2.45) is 0 Å². The van der Waals surface area contributed by atoms with Gasteiger partial charge in [0.05, 0.1) is 17.3 Å². The average molecular weight is 370 g/mol. The van der Waals surface area contributed by atoms with E-state index in [1.54, 1.807) is 12.1 Å². The van der Waals surface area contributed by atoms with Crippen molar-refractivity contribution in [3.63, 3.8) is 0 Å². The Balaban J connectivity index is 2.24. The minimum atomic E-state index is -0.364. The molecule has 0 aliphatic rings. The van der Waals surface area contributed by atoms with Gasteiger partial charge >= 0.3 is 0 Å². The third kappa shape index (κ3) is 3.45. The minimum Gasteiger partial charge on any atom is -0.281 e. The SMILES string of the molecule is CC(C)(C)c1cccc2n[nH]c(C(CCC#N)c3ccc(Cl)cc3F)c12. The Bertz CT molecular complexity index is 979. The zero-order chi connectivity index (χ0) is 18.9. The van der Waals surface area contributed by atoms with Gasteiger partial charge in [-0.3, -0.25) is 5.10 Å². The Morgan fingerprint density at radius 3 is 2.69 bits per heavy atom. The first-order valence-electron chi connectivity index (χ1n) is 8.62. The Morgan fingerprint density at radius 2 is 2.04 bits per heavy atom. The van der Waals surface area contributed by atoms with Crippen LogP contribution in [0.3, 0.4) is 0 Å². The number of hydrogen-bond acceptors (Lipinski definition) is 2. The third-order valence-corrected chi connectivity index (χ3v) is 4.88. The lowest BCUT2D eigenvalue weighted by molar-refractivity contribution is 0.581. The van der Waals surface area contributed by atoms with Crippen molar-refractivity contribution in [1.82, 2.24) is 10.2 Å². The van der Waals surface area contributed by atoms with E-state index in [1.807, 2.05) is 12.1 Å². The van der Waals surface area contributed by atoms with Gasteiger partial charge in [0, 0.05) is 22.7 Å². The summed E-state index contributed by atoms with van der Waals surface area (Å²) >= 11 is 5.92. The summed E-state index contributed by atoms with van der Waals surface area (Å²) in [6.07, 6.45) is 0.829. The van der Waals surface area contributed by atoms with Crippen molar-refractivity contribution < 1.29 is 4.39 Å². The monoisotopic (exact) mass is 369 g/mol. The predicted octanol–water partition coefficient (Wildman–Crippen LogP) is 6.09. The third-order valence-electron chi connectivity index (χ3n) is 4.65. The molecular formula is C21H21ClFN3. The van der Waals surface area contributed by atoms with E-state index in [-0.39, 0.29) is 17.2 Å². The van der Waals surface area contributed by atoms with E-state index in [0.717, 1.165) is 22.2 Å². The zero-order valence-electron chi connectivity index (χ0n) is 15.1. The smallest absolute Gasteiger partial charge is 0.128 e. The first kappa shape index (κ1) is 18.4. The number of aromatic amines is 1. The molecule has 1 atom stereocenters. The van der Waals surface area contributed by atoms with Gasteiger partial charge in [0.2, 0.25) is 0 Å². The summed E-state index contributed by atoms with van der Waals surface area (Å²) in [4.78, 5) is 0. The Labute approximate surface area is 157 Å². The van der Waals surface area contributed by atoms with Gasteiger partial charge in [-0.15, -0.1) is 0 Å². The van der Waals surface area contributed by atoms with E-state index >= 15 is 0 Å². The second-order valence-corrected chi connectivity index (χ2v) is 7.94. The summed E-state index contributed by atoms with van der Waals surface area (Å²) in [6.45, 7) is 6.43. The minimum absolute atomic E-state index is 0.0869. The largest absolute Gasteiger partial charge is 0.281 e. The number of hydrogen-bond donors (Lipinski definition) is 1. The highest BCUT2D eigenvalue weighted by atomic mass is 35.5. The van der Waals surface area contributed by atoms with Gasteiger partial charge in [0.15, 0.2) is 0 Å². The number of rotatable bonds is 4. The Hall–Kier alpha value is -2.38. The molecular weight excluding hydrogens is 349 g/mol. The van der Waals surface area contributed by atoms with E-state index in [0.29, 0.717) is 23.4 Å². The molecule has 1 unspecified atom stereocenters. The van der Waals surface area contributed by atoms with Crippen LogP contribution < -0.4 is 0 Å². The fourth-order valence-electron chi connectivity index (χ4n) is 3.42. The van der Waals surface area contributed by atoms with Crippen molar-refractivity contribution in [3.05, 3.63) is 64.1 Å². The maximum absolute atomic E-state index is 14.7. The number of nitrogens with zero attached hydrogens (tertiary/aromatic N) is 2. The van der Waals surface area contributed by atoms with E-state index in [4.69, 9.17) is 16.9 Å². The number of nitriles is 1. The quantitative estimate of drug-likeness (QED) is 0.605. The van der Waals surface area contributed by atoms with E-state index in [2.05, 4.69) is 43.1 Å². The fourth-order valence-corrected chi connectivity index (χ4v) is 3.58. The van der Waals surface area contributed by atoms with E-state index < -0.39 is 0 Å². The van der Waals surface area contributed by atoms with Crippen molar-refractivity contribution >= 4 is 22.5 Å². The summed E-state index contributed by atoms with van der Waals surface area (Å²) in [7, 11) is 0. The molecule has 1 aromatic heterocycles. The topological polar surface area (TPSA) is 52.5 Å². The van der Waals surface area contributed by atoms with Crippen LogP contribution >= 0.6 is 11.6 Å². The molecule has 2 aromatic carbocycles. The Kier molecular flexibility index (Phi) is 5.02. The number of nitrogens with one attached hydrogen (secondary N) is 1. The summed E-state index contributed by atoms with van der Waals surface area (Å²) in [5, 5.41) is 18.0. The molecule has 0 aliphatic heterocycles. The predicted molar refractivity (Wildman–Crippen MR) is 103 cm³/mol. The molecule has 0 amide bonds. The number of halogens is 2. The Morgan fingerprint density at radius 1 is 1.27 bits per heavy atom. The lowest BCUT2D eigenvalue weighted by atomic mass is 9.81. The molecule has 3 nitrogen and oxygen atoms in total. The summed E-state index contributed by atoms with van der Waals surface area (Å²) < 4.78 is 14.7. The van der Waals surface area contributed by atoms with Crippen LogP contribution in [0.5, 0.6) is 0 Å². The maximum atomic E-state index is 14.7. The second kappa shape index (κ2) is 7.09. The van der Waals surface area contributed by atoms with Gasteiger partial charge in [-0.25, -0.2) is 4.39 Å². The van der Waals surface area contributed by atoms with Crippen LogP contribution in [0.25, 0.3) is 10.9 Å². The molecule has 3 aromatic rings. The first-order valence-corrected chi connectivity index (χ1v) is 9.00. The van der Waals surface area contributed by atoms with Crippen LogP contribution in [0.2, 0.25) is 5.02 Å². The van der Waals surface area contributed by atoms with Gasteiger partial charge in [-0.05, 0) is 41.2 Å². The summed E-state index contributed by atoms with van der Waals surface area (Å²) in [6, 6.07) is 12.9. The molecule has 134 valence electrons. The van der Waals surface area contributed by atoms with Gasteiger partial charge in [-0.1, -0.05) is 50.6 Å².